The van der Waals surface area contributed by atoms with Crippen LogP contribution in [0.25, 0.3) is 0 Å². The van der Waals surface area contributed by atoms with Crippen molar-refractivity contribution >= 4 is 5.91 Å². The summed E-state index contributed by atoms with van der Waals surface area (Å²) in [7, 11) is 3.95. The van der Waals surface area contributed by atoms with Gasteiger partial charge in [0.05, 0.1) is 6.54 Å². The Morgan fingerprint density at radius 1 is 1.36 bits per heavy atom. The first-order chi connectivity index (χ1) is 5.14. The fourth-order valence-corrected chi connectivity index (χ4v) is 1.83. The maximum Gasteiger partial charge on any atom is 0.236 e. The molecule has 2 aliphatic rings. The van der Waals surface area contributed by atoms with Crippen LogP contribution < -0.4 is 0 Å². The number of amides is 1. The van der Waals surface area contributed by atoms with Gasteiger partial charge in [-0.15, -0.1) is 0 Å². The van der Waals surface area contributed by atoms with E-state index in [0.717, 1.165) is 6.54 Å². The summed E-state index contributed by atoms with van der Waals surface area (Å²) >= 11 is 0. The fraction of sp³-hybridized carbons (Fsp3) is 0.875. The number of likely N-dealkylation sites (N-methyl/N-ethyl adjacent to an activating group) is 2. The lowest BCUT2D eigenvalue weighted by Crippen LogP contribution is -2.54. The molecule has 62 valence electrons. The number of carbonyl (C=O) groups is 1. The van der Waals surface area contributed by atoms with Crippen LogP contribution in [0.2, 0.25) is 0 Å². The first-order valence-corrected chi connectivity index (χ1v) is 4.09. The molecule has 1 heterocycles. The molecule has 0 N–H and O–H groups in total. The van der Waals surface area contributed by atoms with Gasteiger partial charge in [0.25, 0.3) is 0 Å². The highest BCUT2D eigenvalue weighted by Gasteiger charge is 2.50. The van der Waals surface area contributed by atoms with Crippen LogP contribution in [0.5, 0.6) is 0 Å². The molecule has 0 atom stereocenters. The lowest BCUT2D eigenvalue weighted by molar-refractivity contribution is -0.136. The van der Waals surface area contributed by atoms with Gasteiger partial charge in [0, 0.05) is 19.1 Å². The van der Waals surface area contributed by atoms with E-state index in [9.17, 15) is 4.79 Å². The Bertz CT molecular complexity index is 198. The highest BCUT2D eigenvalue weighted by Crippen LogP contribution is 2.42. The largest absolute Gasteiger partial charge is 0.343 e. The van der Waals surface area contributed by atoms with Crippen molar-refractivity contribution in [3.63, 3.8) is 0 Å². The Hall–Kier alpha value is -0.570. The zero-order valence-electron chi connectivity index (χ0n) is 7.13. The summed E-state index contributed by atoms with van der Waals surface area (Å²) in [6, 6.07) is 0. The van der Waals surface area contributed by atoms with E-state index in [-0.39, 0.29) is 5.91 Å². The summed E-state index contributed by atoms with van der Waals surface area (Å²) in [6.45, 7) is 1.54. The third kappa shape index (κ3) is 0.948. The van der Waals surface area contributed by atoms with Crippen molar-refractivity contribution in [1.82, 2.24) is 9.80 Å². The van der Waals surface area contributed by atoms with Crippen molar-refractivity contribution in [2.45, 2.75) is 18.4 Å². The van der Waals surface area contributed by atoms with E-state index in [4.69, 9.17) is 0 Å². The van der Waals surface area contributed by atoms with E-state index in [1.807, 2.05) is 11.9 Å². The molecular weight excluding hydrogens is 140 g/mol. The fourth-order valence-electron chi connectivity index (χ4n) is 1.83. The predicted octanol–water partition coefficient (Wildman–Crippen LogP) is -0.0772. The van der Waals surface area contributed by atoms with Gasteiger partial charge in [0.2, 0.25) is 5.91 Å². The van der Waals surface area contributed by atoms with E-state index in [2.05, 4.69) is 11.9 Å². The highest BCUT2D eigenvalue weighted by atomic mass is 16.2. The van der Waals surface area contributed by atoms with Crippen molar-refractivity contribution in [3.8, 4) is 0 Å². The van der Waals surface area contributed by atoms with Crippen LogP contribution in [0.3, 0.4) is 0 Å². The second-order valence-corrected chi connectivity index (χ2v) is 3.83. The van der Waals surface area contributed by atoms with Crippen LogP contribution in [-0.2, 0) is 4.79 Å². The summed E-state index contributed by atoms with van der Waals surface area (Å²) < 4.78 is 0. The van der Waals surface area contributed by atoms with Crippen LogP contribution in [0.4, 0.5) is 0 Å². The van der Waals surface area contributed by atoms with Crippen molar-refractivity contribution in [3.05, 3.63) is 0 Å². The second kappa shape index (κ2) is 1.97. The third-order valence-electron chi connectivity index (χ3n) is 2.97. The van der Waals surface area contributed by atoms with Crippen molar-refractivity contribution in [2.24, 2.45) is 0 Å². The molecule has 1 aliphatic carbocycles. The minimum Gasteiger partial charge on any atom is -0.343 e. The van der Waals surface area contributed by atoms with Crippen LogP contribution >= 0.6 is 0 Å². The van der Waals surface area contributed by atoms with Gasteiger partial charge in [-0.1, -0.05) is 0 Å². The normalized spacial score (nSPS) is 29.6. The van der Waals surface area contributed by atoms with Crippen molar-refractivity contribution in [1.29, 1.82) is 0 Å². The molecule has 1 saturated carbocycles. The maximum absolute atomic E-state index is 11.2. The van der Waals surface area contributed by atoms with Crippen LogP contribution in [-0.4, -0.2) is 48.4 Å². The molecule has 1 spiro atoms. The Balaban J connectivity index is 2.12. The summed E-state index contributed by atoms with van der Waals surface area (Å²) in [5, 5.41) is 0. The average Bonchev–Trinajstić information content (AvgIpc) is 2.66. The number of piperazine rings is 1. The average molecular weight is 154 g/mol. The Kier molecular flexibility index (Phi) is 1.27. The number of rotatable bonds is 0. The minimum absolute atomic E-state index is 0.255. The molecule has 11 heavy (non-hydrogen) atoms. The molecule has 3 nitrogen and oxygen atoms in total. The number of hydrogen-bond acceptors (Lipinski definition) is 2. The monoisotopic (exact) mass is 154 g/mol. The van der Waals surface area contributed by atoms with Gasteiger partial charge in [-0.3, -0.25) is 9.69 Å². The standard InChI is InChI=1S/C8H14N2O/c1-9-6-8(3-4-8)10(2)5-7(9)11/h3-6H2,1-2H3. The quantitative estimate of drug-likeness (QED) is 0.487. The molecule has 2 rings (SSSR count). The smallest absolute Gasteiger partial charge is 0.236 e. The minimum atomic E-state index is 0.255. The first kappa shape index (κ1) is 7.10. The van der Waals surface area contributed by atoms with Crippen molar-refractivity contribution in [2.75, 3.05) is 27.2 Å². The summed E-state index contributed by atoms with van der Waals surface area (Å²) in [6.07, 6.45) is 2.53. The first-order valence-electron chi connectivity index (χ1n) is 4.09. The lowest BCUT2D eigenvalue weighted by atomic mass is 10.1. The molecule has 2 fully saturated rings. The highest BCUT2D eigenvalue weighted by molar-refractivity contribution is 5.79. The Morgan fingerprint density at radius 2 is 2.00 bits per heavy atom. The van der Waals surface area contributed by atoms with Gasteiger partial charge in [0.1, 0.15) is 0 Å². The Labute approximate surface area is 67.0 Å². The molecule has 1 aliphatic heterocycles. The molecule has 0 aromatic carbocycles. The van der Waals surface area contributed by atoms with Gasteiger partial charge in [0.15, 0.2) is 0 Å². The molecule has 0 radical (unpaired) electrons. The van der Waals surface area contributed by atoms with Gasteiger partial charge < -0.3 is 4.90 Å². The van der Waals surface area contributed by atoms with Crippen LogP contribution in [0, 0.1) is 0 Å². The van der Waals surface area contributed by atoms with Gasteiger partial charge in [-0.2, -0.15) is 0 Å². The Morgan fingerprint density at radius 3 is 2.55 bits per heavy atom. The van der Waals surface area contributed by atoms with Crippen LogP contribution in [0.1, 0.15) is 12.8 Å². The van der Waals surface area contributed by atoms with E-state index in [1.165, 1.54) is 12.8 Å². The topological polar surface area (TPSA) is 23.6 Å². The number of nitrogens with zero attached hydrogens (tertiary/aromatic N) is 2. The number of carbonyl (C=O) groups excluding carboxylic acids is 1. The van der Waals surface area contributed by atoms with Crippen molar-refractivity contribution < 1.29 is 4.79 Å². The van der Waals surface area contributed by atoms with Gasteiger partial charge in [-0.05, 0) is 19.9 Å². The molecule has 0 unspecified atom stereocenters. The van der Waals surface area contributed by atoms with Gasteiger partial charge in [-0.25, -0.2) is 0 Å². The summed E-state index contributed by atoms with van der Waals surface area (Å²) in [4.78, 5) is 15.3. The molecular formula is C8H14N2O. The summed E-state index contributed by atoms with van der Waals surface area (Å²) in [5.74, 6) is 0.255. The molecule has 0 aromatic rings. The molecule has 1 saturated heterocycles. The second-order valence-electron chi connectivity index (χ2n) is 3.83. The molecule has 3 heteroatoms. The molecule has 0 bridgehead atoms. The SMILES string of the molecule is CN1CC2(CC2)N(C)CC1=O. The molecule has 0 aromatic heterocycles. The third-order valence-corrected chi connectivity index (χ3v) is 2.97. The van der Waals surface area contributed by atoms with E-state index in [0.29, 0.717) is 12.1 Å². The number of hydrogen-bond donors (Lipinski definition) is 0. The summed E-state index contributed by atoms with van der Waals surface area (Å²) in [5.41, 5.74) is 0.378. The lowest BCUT2D eigenvalue weighted by Gasteiger charge is -2.37. The predicted molar refractivity (Wildman–Crippen MR) is 42.2 cm³/mol. The van der Waals surface area contributed by atoms with E-state index >= 15 is 0 Å². The van der Waals surface area contributed by atoms with E-state index < -0.39 is 0 Å². The molecule has 1 amide bonds. The zero-order valence-corrected chi connectivity index (χ0v) is 7.13. The zero-order chi connectivity index (χ0) is 8.06. The van der Waals surface area contributed by atoms with Crippen LogP contribution in [0.15, 0.2) is 0 Å². The van der Waals surface area contributed by atoms with Gasteiger partial charge >= 0.3 is 0 Å². The van der Waals surface area contributed by atoms with E-state index in [1.54, 1.807) is 0 Å². The maximum atomic E-state index is 11.2.